The molecule has 0 saturated carbocycles. The summed E-state index contributed by atoms with van der Waals surface area (Å²) in [5.74, 6) is 3.86. The van der Waals surface area contributed by atoms with E-state index in [0.29, 0.717) is 0 Å². The molecule has 152 valence electrons. The summed E-state index contributed by atoms with van der Waals surface area (Å²) in [6.45, 7) is 12.4. The summed E-state index contributed by atoms with van der Waals surface area (Å²) in [6, 6.07) is 10.5. The van der Waals surface area contributed by atoms with E-state index in [0.717, 1.165) is 75.3 Å². The Morgan fingerprint density at radius 3 is 2.11 bits per heavy atom. The molecule has 1 aliphatic rings. The number of methoxy groups -OCH3 is 1. The Balaban J connectivity index is 1.69. The predicted molar refractivity (Wildman–Crippen MR) is 117 cm³/mol. The first-order valence-electron chi connectivity index (χ1n) is 10.4. The Morgan fingerprint density at radius 2 is 1.54 bits per heavy atom. The Labute approximate surface area is 169 Å². The first-order chi connectivity index (χ1) is 13.6. The van der Waals surface area contributed by atoms with E-state index in [1.54, 1.807) is 7.11 Å². The van der Waals surface area contributed by atoms with Gasteiger partial charge in [0.05, 0.1) is 7.11 Å². The lowest BCUT2D eigenvalue weighted by Crippen LogP contribution is -2.47. The zero-order chi connectivity index (χ0) is 19.9. The average Bonchev–Trinajstić information content (AvgIpc) is 2.73. The van der Waals surface area contributed by atoms with Crippen LogP contribution in [0, 0.1) is 6.92 Å². The minimum atomic E-state index is 0.849. The van der Waals surface area contributed by atoms with Gasteiger partial charge in [-0.05, 0) is 44.0 Å². The minimum Gasteiger partial charge on any atom is -0.497 e. The summed E-state index contributed by atoms with van der Waals surface area (Å²) >= 11 is 0. The van der Waals surface area contributed by atoms with Crippen LogP contribution in [0.1, 0.15) is 32.5 Å². The van der Waals surface area contributed by atoms with Gasteiger partial charge in [-0.3, -0.25) is 0 Å². The number of benzene rings is 1. The SMILES string of the molecule is CCCN(CCC)c1cc(N2CCN(c3ccc(OC)cc3)CC2)nc(C)n1. The van der Waals surface area contributed by atoms with Crippen LogP contribution in [0.3, 0.4) is 0 Å². The maximum Gasteiger partial charge on any atom is 0.134 e. The Bertz CT molecular complexity index is 735. The summed E-state index contributed by atoms with van der Waals surface area (Å²) < 4.78 is 5.26. The molecule has 1 aliphatic heterocycles. The fourth-order valence-electron chi connectivity index (χ4n) is 3.73. The molecule has 1 aromatic carbocycles. The monoisotopic (exact) mass is 383 g/mol. The van der Waals surface area contributed by atoms with Crippen molar-refractivity contribution in [3.63, 3.8) is 0 Å². The largest absolute Gasteiger partial charge is 0.497 e. The third kappa shape index (κ3) is 4.86. The molecule has 28 heavy (non-hydrogen) atoms. The third-order valence-corrected chi connectivity index (χ3v) is 5.16. The summed E-state index contributed by atoms with van der Waals surface area (Å²) in [4.78, 5) is 16.6. The number of hydrogen-bond donors (Lipinski definition) is 0. The number of anilines is 3. The van der Waals surface area contributed by atoms with Gasteiger partial charge in [0, 0.05) is 51.0 Å². The van der Waals surface area contributed by atoms with Crippen LogP contribution < -0.4 is 19.4 Å². The zero-order valence-electron chi connectivity index (χ0n) is 17.7. The molecule has 2 aromatic rings. The quantitative estimate of drug-likeness (QED) is 0.692. The number of aromatic nitrogens is 2. The lowest BCUT2D eigenvalue weighted by molar-refractivity contribution is 0.415. The van der Waals surface area contributed by atoms with E-state index in [1.807, 2.05) is 19.1 Å². The van der Waals surface area contributed by atoms with Gasteiger partial charge in [-0.15, -0.1) is 0 Å². The van der Waals surface area contributed by atoms with Crippen molar-refractivity contribution >= 4 is 17.3 Å². The van der Waals surface area contributed by atoms with E-state index >= 15 is 0 Å². The number of nitrogens with zero attached hydrogens (tertiary/aromatic N) is 5. The van der Waals surface area contributed by atoms with Crippen molar-refractivity contribution in [2.75, 3.05) is 61.1 Å². The maximum atomic E-state index is 5.26. The number of aryl methyl sites for hydroxylation is 1. The van der Waals surface area contributed by atoms with Crippen LogP contribution in [-0.4, -0.2) is 56.3 Å². The van der Waals surface area contributed by atoms with Gasteiger partial charge in [0.1, 0.15) is 23.2 Å². The summed E-state index contributed by atoms with van der Waals surface area (Å²) in [5, 5.41) is 0. The molecule has 6 heteroatoms. The van der Waals surface area contributed by atoms with Gasteiger partial charge in [-0.2, -0.15) is 0 Å². The van der Waals surface area contributed by atoms with E-state index in [9.17, 15) is 0 Å². The lowest BCUT2D eigenvalue weighted by Gasteiger charge is -2.37. The summed E-state index contributed by atoms with van der Waals surface area (Å²) in [5.41, 5.74) is 1.25. The molecule has 6 nitrogen and oxygen atoms in total. The predicted octanol–water partition coefficient (Wildman–Crippen LogP) is 3.75. The van der Waals surface area contributed by atoms with E-state index in [2.05, 4.69) is 46.7 Å². The summed E-state index contributed by atoms with van der Waals surface area (Å²) in [6.07, 6.45) is 2.25. The van der Waals surface area contributed by atoms with E-state index in [1.165, 1.54) is 5.69 Å². The molecule has 2 heterocycles. The van der Waals surface area contributed by atoms with Crippen molar-refractivity contribution in [2.24, 2.45) is 0 Å². The highest BCUT2D eigenvalue weighted by molar-refractivity contribution is 5.54. The van der Waals surface area contributed by atoms with Crippen LogP contribution in [0.25, 0.3) is 0 Å². The standard InChI is InChI=1S/C22H33N5O/c1-5-11-26(12-6-2)21-17-22(24-18(3)23-21)27-15-13-25(14-16-27)19-7-9-20(28-4)10-8-19/h7-10,17H,5-6,11-16H2,1-4H3. The van der Waals surface area contributed by atoms with Crippen LogP contribution in [0.4, 0.5) is 17.3 Å². The molecular weight excluding hydrogens is 350 g/mol. The molecule has 0 N–H and O–H groups in total. The highest BCUT2D eigenvalue weighted by Gasteiger charge is 2.20. The Morgan fingerprint density at radius 1 is 0.929 bits per heavy atom. The van der Waals surface area contributed by atoms with Crippen molar-refractivity contribution in [1.82, 2.24) is 9.97 Å². The molecule has 1 aromatic heterocycles. The number of ether oxygens (including phenoxy) is 1. The number of piperazine rings is 1. The van der Waals surface area contributed by atoms with Gasteiger partial charge in [0.2, 0.25) is 0 Å². The van der Waals surface area contributed by atoms with Gasteiger partial charge in [0.15, 0.2) is 0 Å². The zero-order valence-corrected chi connectivity index (χ0v) is 17.7. The minimum absolute atomic E-state index is 0.849. The van der Waals surface area contributed by atoms with Crippen LogP contribution in [0.15, 0.2) is 30.3 Å². The van der Waals surface area contributed by atoms with Crippen molar-refractivity contribution in [3.8, 4) is 5.75 Å². The van der Waals surface area contributed by atoms with Crippen molar-refractivity contribution < 1.29 is 4.74 Å². The molecule has 3 rings (SSSR count). The topological polar surface area (TPSA) is 44.7 Å². The molecule has 0 radical (unpaired) electrons. The molecular formula is C22H33N5O. The van der Waals surface area contributed by atoms with Gasteiger partial charge in [-0.1, -0.05) is 13.8 Å². The van der Waals surface area contributed by atoms with Gasteiger partial charge >= 0.3 is 0 Å². The first kappa shape index (κ1) is 20.2. The van der Waals surface area contributed by atoms with Crippen LogP contribution in [0.5, 0.6) is 5.75 Å². The van der Waals surface area contributed by atoms with E-state index in [-0.39, 0.29) is 0 Å². The number of hydrogen-bond acceptors (Lipinski definition) is 6. The third-order valence-electron chi connectivity index (χ3n) is 5.16. The Kier molecular flexibility index (Phi) is 6.95. The first-order valence-corrected chi connectivity index (χ1v) is 10.4. The van der Waals surface area contributed by atoms with Gasteiger partial charge in [0.25, 0.3) is 0 Å². The van der Waals surface area contributed by atoms with Gasteiger partial charge < -0.3 is 19.4 Å². The van der Waals surface area contributed by atoms with Gasteiger partial charge in [-0.25, -0.2) is 9.97 Å². The average molecular weight is 384 g/mol. The molecule has 0 unspecified atom stereocenters. The van der Waals surface area contributed by atoms with Crippen molar-refractivity contribution in [3.05, 3.63) is 36.2 Å². The maximum absolute atomic E-state index is 5.26. The Hall–Kier alpha value is -2.50. The van der Waals surface area contributed by atoms with Crippen LogP contribution >= 0.6 is 0 Å². The highest BCUT2D eigenvalue weighted by Crippen LogP contribution is 2.24. The molecule has 0 aliphatic carbocycles. The number of rotatable bonds is 8. The fraction of sp³-hybridized carbons (Fsp3) is 0.545. The molecule has 1 fully saturated rings. The van der Waals surface area contributed by atoms with Crippen molar-refractivity contribution in [2.45, 2.75) is 33.6 Å². The lowest BCUT2D eigenvalue weighted by atomic mass is 10.2. The summed E-state index contributed by atoms with van der Waals surface area (Å²) in [7, 11) is 1.70. The molecule has 0 atom stereocenters. The second-order valence-corrected chi connectivity index (χ2v) is 7.29. The second kappa shape index (κ2) is 9.62. The van der Waals surface area contributed by atoms with Crippen LogP contribution in [0.2, 0.25) is 0 Å². The smallest absolute Gasteiger partial charge is 0.134 e. The second-order valence-electron chi connectivity index (χ2n) is 7.29. The van der Waals surface area contributed by atoms with E-state index < -0.39 is 0 Å². The molecule has 1 saturated heterocycles. The fourth-order valence-corrected chi connectivity index (χ4v) is 3.73. The van der Waals surface area contributed by atoms with Crippen LogP contribution in [-0.2, 0) is 0 Å². The molecule has 0 bridgehead atoms. The normalized spacial score (nSPS) is 14.3. The highest BCUT2D eigenvalue weighted by atomic mass is 16.5. The molecule has 0 spiro atoms. The molecule has 0 amide bonds. The van der Waals surface area contributed by atoms with Crippen molar-refractivity contribution in [1.29, 1.82) is 0 Å². The van der Waals surface area contributed by atoms with E-state index in [4.69, 9.17) is 14.7 Å².